The molecule has 0 unspecified atom stereocenters. The zero-order chi connectivity index (χ0) is 22.1. The lowest BCUT2D eigenvalue weighted by Crippen LogP contribution is -3.11. The third kappa shape index (κ3) is 3.25. The van der Waals surface area contributed by atoms with E-state index in [9.17, 15) is 10.5 Å². The van der Waals surface area contributed by atoms with E-state index in [1.165, 1.54) is 4.90 Å². The molecule has 156 valence electrons. The van der Waals surface area contributed by atoms with Crippen LogP contribution in [0.15, 0.2) is 24.3 Å². The fourth-order valence-electron chi connectivity index (χ4n) is 4.08. The number of imidazole rings is 1. The Hall–Kier alpha value is -3.95. The number of aromatic nitrogens is 5. The number of anilines is 1. The number of benzene rings is 1. The molecule has 0 aliphatic carbocycles. The van der Waals surface area contributed by atoms with E-state index in [2.05, 4.69) is 28.8 Å². The number of aryl methyl sites for hydroxylation is 1. The van der Waals surface area contributed by atoms with Crippen LogP contribution in [-0.2, 0) is 13.6 Å². The Labute approximate surface area is 180 Å². The number of nitrogens with two attached hydrogens (primary N) is 1. The molecule has 9 nitrogen and oxygen atoms in total. The average molecular weight is 416 g/mol. The molecule has 31 heavy (non-hydrogen) atoms. The number of hydrogen-bond acceptors (Lipinski definition) is 5. The average Bonchev–Trinajstić information content (AvgIpc) is 3.26. The largest absolute Gasteiger partial charge is 0.384 e. The first kappa shape index (κ1) is 20.3. The molecule has 4 rings (SSSR count). The monoisotopic (exact) mass is 415 g/mol. The van der Waals surface area contributed by atoms with Crippen molar-refractivity contribution in [1.29, 1.82) is 10.5 Å². The Balaban J connectivity index is 2.00. The van der Waals surface area contributed by atoms with Gasteiger partial charge in [0, 0.05) is 0 Å². The summed E-state index contributed by atoms with van der Waals surface area (Å²) in [7, 11) is 1.96. The summed E-state index contributed by atoms with van der Waals surface area (Å²) in [6.45, 7) is 7.81. The van der Waals surface area contributed by atoms with E-state index in [1.807, 2.05) is 52.6 Å². The van der Waals surface area contributed by atoms with Gasteiger partial charge >= 0.3 is 0 Å². The summed E-state index contributed by atoms with van der Waals surface area (Å²) in [5.41, 5.74) is 10.4. The Morgan fingerprint density at radius 3 is 2.45 bits per heavy atom. The van der Waals surface area contributed by atoms with E-state index in [-0.39, 0.29) is 11.4 Å². The number of nitriles is 2. The molecular formula is C22H25N9+2. The van der Waals surface area contributed by atoms with E-state index in [0.29, 0.717) is 29.1 Å². The number of quaternary nitrogens is 1. The summed E-state index contributed by atoms with van der Waals surface area (Å²) in [5, 5.41) is 19.0. The van der Waals surface area contributed by atoms with Gasteiger partial charge in [-0.05, 0) is 26.0 Å². The van der Waals surface area contributed by atoms with Crippen LogP contribution in [-0.4, -0.2) is 39.2 Å². The number of nitrogen functional groups attached to an aromatic ring is 1. The number of likely N-dealkylation sites (N-methyl/N-ethyl adjacent to an activating group) is 1. The van der Waals surface area contributed by atoms with Crippen LogP contribution in [0.25, 0.3) is 33.6 Å². The van der Waals surface area contributed by atoms with E-state index >= 15 is 0 Å². The Kier molecular flexibility index (Phi) is 5.28. The highest BCUT2D eigenvalue weighted by atomic mass is 15.2. The predicted octanol–water partition coefficient (Wildman–Crippen LogP) is 0.654. The number of H-pyrrole nitrogens is 1. The number of nitrogens with zero attached hydrogens (tertiary/aromatic N) is 6. The van der Waals surface area contributed by atoms with E-state index in [1.54, 1.807) is 0 Å². The molecule has 0 aliphatic heterocycles. The lowest BCUT2D eigenvalue weighted by molar-refractivity contribution is -0.897. The van der Waals surface area contributed by atoms with Crippen molar-refractivity contribution >= 4 is 28.0 Å². The van der Waals surface area contributed by atoms with Crippen LogP contribution in [0.2, 0.25) is 0 Å². The normalized spacial score (nSPS) is 11.3. The van der Waals surface area contributed by atoms with Gasteiger partial charge in [-0.15, -0.1) is 0 Å². The molecule has 3 heterocycles. The standard InChI is InChI=1S/C22H23N9/c1-4-30(5-2)10-11-31-20(25)18(19-22(31)28-16(13-24)15(12-23)26-19)21-27-14-8-6-7-9-17(14)29(21)3/h6-9H,4-5,10-11H2,1-3H3,(H2,25,26,27)/p+2. The van der Waals surface area contributed by atoms with E-state index < -0.39 is 0 Å². The highest BCUT2D eigenvalue weighted by Gasteiger charge is 2.29. The summed E-state index contributed by atoms with van der Waals surface area (Å²) in [6, 6.07) is 11.9. The van der Waals surface area contributed by atoms with Crippen molar-refractivity contribution in [1.82, 2.24) is 19.5 Å². The Bertz CT molecular complexity index is 1360. The van der Waals surface area contributed by atoms with Crippen molar-refractivity contribution in [2.75, 3.05) is 25.4 Å². The van der Waals surface area contributed by atoms with Crippen LogP contribution < -0.4 is 15.2 Å². The SMILES string of the molecule is CC[NH+](CC)CCn1c(N)c(-c2[nH]c3ccccc3[n+]2C)c2nc(C#N)c(C#N)nc21. The quantitative estimate of drug-likeness (QED) is 0.398. The number of nitrogens with one attached hydrogen (secondary N) is 2. The minimum absolute atomic E-state index is 0.00142. The molecule has 0 saturated heterocycles. The molecule has 0 atom stereocenters. The van der Waals surface area contributed by atoms with E-state index in [0.717, 1.165) is 36.5 Å². The van der Waals surface area contributed by atoms with Crippen molar-refractivity contribution in [2.45, 2.75) is 20.4 Å². The number of para-hydroxylation sites is 2. The number of rotatable bonds is 6. The molecule has 0 spiro atoms. The van der Waals surface area contributed by atoms with Gasteiger partial charge in [0.15, 0.2) is 28.1 Å². The molecule has 0 fully saturated rings. The summed E-state index contributed by atoms with van der Waals surface area (Å²) in [5.74, 6) is 1.29. The minimum atomic E-state index is 0.00142. The van der Waals surface area contributed by atoms with E-state index in [4.69, 9.17) is 5.73 Å². The molecule has 0 radical (unpaired) electrons. The zero-order valence-electron chi connectivity index (χ0n) is 17.9. The summed E-state index contributed by atoms with van der Waals surface area (Å²) < 4.78 is 3.93. The lowest BCUT2D eigenvalue weighted by Gasteiger charge is -2.16. The summed E-state index contributed by atoms with van der Waals surface area (Å²) >= 11 is 0. The van der Waals surface area contributed by atoms with Gasteiger partial charge in [0.2, 0.25) is 0 Å². The van der Waals surface area contributed by atoms with Gasteiger partial charge < -0.3 is 15.2 Å². The van der Waals surface area contributed by atoms with Crippen molar-refractivity contribution in [3.63, 3.8) is 0 Å². The Morgan fingerprint density at radius 2 is 1.81 bits per heavy atom. The topological polar surface area (TPSA) is 128 Å². The second-order valence-corrected chi connectivity index (χ2v) is 7.49. The van der Waals surface area contributed by atoms with Crippen molar-refractivity contribution < 1.29 is 9.47 Å². The molecule has 4 aromatic rings. The van der Waals surface area contributed by atoms with Gasteiger partial charge in [0.25, 0.3) is 5.82 Å². The summed E-state index contributed by atoms with van der Waals surface area (Å²) in [6.07, 6.45) is 0. The van der Waals surface area contributed by atoms with Crippen LogP contribution in [0.3, 0.4) is 0 Å². The molecule has 3 aromatic heterocycles. The van der Waals surface area contributed by atoms with Crippen LogP contribution in [0.1, 0.15) is 25.2 Å². The summed E-state index contributed by atoms with van der Waals surface area (Å²) in [4.78, 5) is 13.9. The maximum absolute atomic E-state index is 9.50. The van der Waals surface area contributed by atoms with Gasteiger partial charge in [-0.2, -0.15) is 10.5 Å². The van der Waals surface area contributed by atoms with Crippen molar-refractivity contribution in [3.8, 4) is 23.5 Å². The van der Waals surface area contributed by atoms with Crippen LogP contribution >= 0.6 is 0 Å². The molecular weight excluding hydrogens is 390 g/mol. The predicted molar refractivity (Wildman–Crippen MR) is 117 cm³/mol. The number of aromatic amines is 1. The molecule has 4 N–H and O–H groups in total. The first-order chi connectivity index (χ1) is 15.0. The minimum Gasteiger partial charge on any atom is -0.384 e. The second-order valence-electron chi connectivity index (χ2n) is 7.49. The van der Waals surface area contributed by atoms with Crippen LogP contribution in [0.4, 0.5) is 5.82 Å². The van der Waals surface area contributed by atoms with Crippen LogP contribution in [0, 0.1) is 22.7 Å². The van der Waals surface area contributed by atoms with Gasteiger partial charge in [-0.1, -0.05) is 12.1 Å². The first-order valence-electron chi connectivity index (χ1n) is 10.3. The van der Waals surface area contributed by atoms with Crippen molar-refractivity contribution in [3.05, 3.63) is 35.7 Å². The Morgan fingerprint density at radius 1 is 1.13 bits per heavy atom. The molecule has 9 heteroatoms. The van der Waals surface area contributed by atoms with Gasteiger partial charge in [-0.3, -0.25) is 0 Å². The molecule has 0 bridgehead atoms. The second kappa shape index (κ2) is 8.05. The van der Waals surface area contributed by atoms with Crippen LogP contribution in [0.5, 0.6) is 0 Å². The van der Waals surface area contributed by atoms with Gasteiger partial charge in [0.1, 0.15) is 29.0 Å². The first-order valence-corrected chi connectivity index (χ1v) is 10.3. The molecule has 0 saturated carbocycles. The number of fused-ring (bicyclic) bond motifs is 2. The molecule has 0 amide bonds. The molecule has 1 aromatic carbocycles. The third-order valence-corrected chi connectivity index (χ3v) is 5.91. The fourth-order valence-corrected chi connectivity index (χ4v) is 4.08. The smallest absolute Gasteiger partial charge is 0.293 e. The maximum atomic E-state index is 9.50. The third-order valence-electron chi connectivity index (χ3n) is 5.91. The molecule has 0 aliphatic rings. The number of hydrogen-bond donors (Lipinski definition) is 3. The maximum Gasteiger partial charge on any atom is 0.293 e. The fraction of sp³-hybridized carbons (Fsp3) is 0.318. The van der Waals surface area contributed by atoms with Gasteiger partial charge in [-0.25, -0.2) is 19.5 Å². The lowest BCUT2D eigenvalue weighted by atomic mass is 10.2. The van der Waals surface area contributed by atoms with Gasteiger partial charge in [0.05, 0.1) is 33.2 Å². The highest BCUT2D eigenvalue weighted by molar-refractivity contribution is 5.97. The highest BCUT2D eigenvalue weighted by Crippen LogP contribution is 2.34. The zero-order valence-corrected chi connectivity index (χ0v) is 17.9. The van der Waals surface area contributed by atoms with Crippen molar-refractivity contribution in [2.24, 2.45) is 7.05 Å².